The minimum atomic E-state index is 0.695. The standard InChI is InChI=1S/C14H29N3/c1-13(17-9-7-15-8-10-17)11-16-12-14-5-3-2-4-6-14/h13-16H,2-12H2,1H3. The van der Waals surface area contributed by atoms with E-state index in [0.29, 0.717) is 6.04 Å². The van der Waals surface area contributed by atoms with Gasteiger partial charge in [-0.1, -0.05) is 19.3 Å². The van der Waals surface area contributed by atoms with Crippen LogP contribution in [0.3, 0.4) is 0 Å². The van der Waals surface area contributed by atoms with Gasteiger partial charge < -0.3 is 10.6 Å². The average Bonchev–Trinajstić information content (AvgIpc) is 2.41. The maximum absolute atomic E-state index is 3.69. The smallest absolute Gasteiger partial charge is 0.0193 e. The molecule has 1 aliphatic carbocycles. The van der Waals surface area contributed by atoms with Crippen molar-refractivity contribution in [2.24, 2.45) is 5.92 Å². The van der Waals surface area contributed by atoms with Gasteiger partial charge in [0.2, 0.25) is 0 Å². The Kier molecular flexibility index (Phi) is 5.75. The van der Waals surface area contributed by atoms with Crippen LogP contribution in [0, 0.1) is 5.92 Å². The summed E-state index contributed by atoms with van der Waals surface area (Å²) in [5, 5.41) is 7.11. The minimum absolute atomic E-state index is 0.695. The third-order valence-electron chi connectivity index (χ3n) is 4.37. The zero-order chi connectivity index (χ0) is 11.9. The van der Waals surface area contributed by atoms with Crippen LogP contribution >= 0.6 is 0 Å². The van der Waals surface area contributed by atoms with Crippen LogP contribution in [0.1, 0.15) is 39.0 Å². The van der Waals surface area contributed by atoms with Crippen molar-refractivity contribution in [1.29, 1.82) is 0 Å². The van der Waals surface area contributed by atoms with Gasteiger partial charge in [0.15, 0.2) is 0 Å². The Morgan fingerprint density at radius 2 is 1.88 bits per heavy atom. The van der Waals surface area contributed by atoms with Crippen molar-refractivity contribution in [1.82, 2.24) is 15.5 Å². The lowest BCUT2D eigenvalue weighted by Crippen LogP contribution is -2.50. The van der Waals surface area contributed by atoms with E-state index in [9.17, 15) is 0 Å². The van der Waals surface area contributed by atoms with E-state index in [-0.39, 0.29) is 0 Å². The predicted molar refractivity (Wildman–Crippen MR) is 73.3 cm³/mol. The second kappa shape index (κ2) is 7.34. The van der Waals surface area contributed by atoms with Crippen molar-refractivity contribution in [3.05, 3.63) is 0 Å². The number of hydrogen-bond donors (Lipinski definition) is 2. The lowest BCUT2D eigenvalue weighted by atomic mass is 9.89. The summed E-state index contributed by atoms with van der Waals surface area (Å²) in [6.07, 6.45) is 7.29. The van der Waals surface area contributed by atoms with Gasteiger partial charge in [-0.2, -0.15) is 0 Å². The molecule has 1 saturated heterocycles. The van der Waals surface area contributed by atoms with Gasteiger partial charge in [-0.05, 0) is 32.2 Å². The molecule has 0 aromatic heterocycles. The molecule has 1 heterocycles. The molecule has 1 saturated carbocycles. The molecule has 0 aromatic rings. The molecule has 3 heteroatoms. The lowest BCUT2D eigenvalue weighted by Gasteiger charge is -2.33. The molecule has 0 amide bonds. The molecule has 3 nitrogen and oxygen atoms in total. The summed E-state index contributed by atoms with van der Waals surface area (Å²) in [5.41, 5.74) is 0. The largest absolute Gasteiger partial charge is 0.315 e. The van der Waals surface area contributed by atoms with E-state index in [4.69, 9.17) is 0 Å². The first-order chi connectivity index (χ1) is 8.36. The highest BCUT2D eigenvalue weighted by Gasteiger charge is 2.17. The molecule has 2 fully saturated rings. The van der Waals surface area contributed by atoms with Gasteiger partial charge in [-0.15, -0.1) is 0 Å². The average molecular weight is 239 g/mol. The monoisotopic (exact) mass is 239 g/mol. The van der Waals surface area contributed by atoms with Crippen LogP contribution in [0.2, 0.25) is 0 Å². The second-order valence-corrected chi connectivity index (χ2v) is 5.80. The highest BCUT2D eigenvalue weighted by molar-refractivity contribution is 4.76. The minimum Gasteiger partial charge on any atom is -0.315 e. The quantitative estimate of drug-likeness (QED) is 0.760. The first-order valence-corrected chi connectivity index (χ1v) is 7.52. The highest BCUT2D eigenvalue weighted by Crippen LogP contribution is 2.22. The molecule has 1 atom stereocenters. The molecule has 0 aromatic carbocycles. The number of nitrogens with zero attached hydrogens (tertiary/aromatic N) is 1. The van der Waals surface area contributed by atoms with Crippen LogP contribution in [-0.4, -0.2) is 50.2 Å². The molecular formula is C14H29N3. The molecule has 0 bridgehead atoms. The van der Waals surface area contributed by atoms with Crippen LogP contribution in [0.4, 0.5) is 0 Å². The zero-order valence-electron chi connectivity index (χ0n) is 11.4. The fourth-order valence-corrected chi connectivity index (χ4v) is 3.14. The van der Waals surface area contributed by atoms with Gasteiger partial charge in [0.05, 0.1) is 0 Å². The van der Waals surface area contributed by atoms with Gasteiger partial charge in [0.1, 0.15) is 0 Å². The van der Waals surface area contributed by atoms with Crippen LogP contribution in [-0.2, 0) is 0 Å². The number of hydrogen-bond acceptors (Lipinski definition) is 3. The van der Waals surface area contributed by atoms with Crippen molar-refractivity contribution in [3.8, 4) is 0 Å². The van der Waals surface area contributed by atoms with Gasteiger partial charge in [0, 0.05) is 38.8 Å². The predicted octanol–water partition coefficient (Wildman–Crippen LogP) is 1.45. The van der Waals surface area contributed by atoms with E-state index in [0.717, 1.165) is 25.6 Å². The molecule has 2 aliphatic rings. The Bertz CT molecular complexity index is 196. The van der Waals surface area contributed by atoms with Gasteiger partial charge in [0.25, 0.3) is 0 Å². The third kappa shape index (κ3) is 4.57. The van der Waals surface area contributed by atoms with Crippen LogP contribution in [0.5, 0.6) is 0 Å². The molecule has 1 aliphatic heterocycles. The fraction of sp³-hybridized carbons (Fsp3) is 1.00. The van der Waals surface area contributed by atoms with E-state index in [2.05, 4.69) is 22.5 Å². The maximum atomic E-state index is 3.69. The molecule has 17 heavy (non-hydrogen) atoms. The molecular weight excluding hydrogens is 210 g/mol. The van der Waals surface area contributed by atoms with E-state index < -0.39 is 0 Å². The van der Waals surface area contributed by atoms with E-state index in [1.807, 2.05) is 0 Å². The van der Waals surface area contributed by atoms with Crippen molar-refractivity contribution >= 4 is 0 Å². The van der Waals surface area contributed by atoms with Gasteiger partial charge >= 0.3 is 0 Å². The Morgan fingerprint density at radius 3 is 2.59 bits per heavy atom. The zero-order valence-corrected chi connectivity index (χ0v) is 11.4. The van der Waals surface area contributed by atoms with Crippen molar-refractivity contribution in [2.45, 2.75) is 45.1 Å². The SMILES string of the molecule is CC(CNCC1CCCCC1)N1CCNCC1. The van der Waals surface area contributed by atoms with Gasteiger partial charge in [-0.25, -0.2) is 0 Å². The van der Waals surface area contributed by atoms with Crippen LogP contribution in [0.15, 0.2) is 0 Å². The third-order valence-corrected chi connectivity index (χ3v) is 4.37. The van der Waals surface area contributed by atoms with E-state index in [1.165, 1.54) is 51.7 Å². The first-order valence-electron chi connectivity index (χ1n) is 7.52. The molecule has 100 valence electrons. The van der Waals surface area contributed by atoms with Crippen molar-refractivity contribution in [2.75, 3.05) is 39.3 Å². The summed E-state index contributed by atoms with van der Waals surface area (Å²) in [6.45, 7) is 9.52. The summed E-state index contributed by atoms with van der Waals surface area (Å²) in [6, 6.07) is 0.695. The summed E-state index contributed by atoms with van der Waals surface area (Å²) in [5.74, 6) is 0.957. The Hall–Kier alpha value is -0.120. The molecule has 2 rings (SSSR count). The molecule has 0 radical (unpaired) electrons. The Labute approximate surface area is 106 Å². The Morgan fingerprint density at radius 1 is 1.18 bits per heavy atom. The Balaban J connectivity index is 1.57. The molecule has 0 spiro atoms. The number of nitrogens with one attached hydrogen (secondary N) is 2. The maximum Gasteiger partial charge on any atom is 0.0193 e. The molecule has 1 unspecified atom stereocenters. The summed E-state index contributed by atoms with van der Waals surface area (Å²) in [7, 11) is 0. The second-order valence-electron chi connectivity index (χ2n) is 5.80. The van der Waals surface area contributed by atoms with E-state index in [1.54, 1.807) is 0 Å². The van der Waals surface area contributed by atoms with Crippen LogP contribution < -0.4 is 10.6 Å². The summed E-state index contributed by atoms with van der Waals surface area (Å²) in [4.78, 5) is 2.60. The number of piperazine rings is 1. The molecule has 2 N–H and O–H groups in total. The summed E-state index contributed by atoms with van der Waals surface area (Å²) >= 11 is 0. The summed E-state index contributed by atoms with van der Waals surface area (Å²) < 4.78 is 0. The topological polar surface area (TPSA) is 27.3 Å². The van der Waals surface area contributed by atoms with Crippen molar-refractivity contribution in [3.63, 3.8) is 0 Å². The lowest BCUT2D eigenvalue weighted by molar-refractivity contribution is 0.178. The highest BCUT2D eigenvalue weighted by atomic mass is 15.2. The van der Waals surface area contributed by atoms with Gasteiger partial charge in [-0.3, -0.25) is 4.90 Å². The van der Waals surface area contributed by atoms with Crippen LogP contribution in [0.25, 0.3) is 0 Å². The van der Waals surface area contributed by atoms with Crippen molar-refractivity contribution < 1.29 is 0 Å². The fourth-order valence-electron chi connectivity index (χ4n) is 3.14. The number of rotatable bonds is 5. The van der Waals surface area contributed by atoms with E-state index >= 15 is 0 Å². The normalized spacial score (nSPS) is 25.9. The first kappa shape index (κ1) is 13.3.